The molecule has 0 aliphatic rings. The van der Waals surface area contributed by atoms with Gasteiger partial charge in [-0.3, -0.25) is 4.98 Å². The van der Waals surface area contributed by atoms with Crippen LogP contribution in [0.2, 0.25) is 5.02 Å². The molecule has 0 radical (unpaired) electrons. The first-order chi connectivity index (χ1) is 14.3. The van der Waals surface area contributed by atoms with Crippen molar-refractivity contribution in [3.63, 3.8) is 0 Å². The molecule has 0 aliphatic carbocycles. The maximum Gasteiger partial charge on any atom is 0.328 e. The SMILES string of the molecule is O=C(O)/C=C/c1ccc(CC(NS(=O)(=O)c2ccc(Cl)cc2)c2cccnc2)cc1. The summed E-state index contributed by atoms with van der Waals surface area (Å²) in [6.45, 7) is 0. The fourth-order valence-electron chi connectivity index (χ4n) is 2.85. The minimum Gasteiger partial charge on any atom is -0.478 e. The van der Waals surface area contributed by atoms with E-state index < -0.39 is 22.0 Å². The van der Waals surface area contributed by atoms with E-state index in [4.69, 9.17) is 16.7 Å². The van der Waals surface area contributed by atoms with Crippen molar-refractivity contribution >= 4 is 33.7 Å². The van der Waals surface area contributed by atoms with Crippen LogP contribution in [0, 0.1) is 0 Å². The average Bonchev–Trinajstić information content (AvgIpc) is 2.73. The average molecular weight is 443 g/mol. The van der Waals surface area contributed by atoms with E-state index in [2.05, 4.69) is 9.71 Å². The second kappa shape index (κ2) is 9.67. The summed E-state index contributed by atoms with van der Waals surface area (Å²) < 4.78 is 28.5. The van der Waals surface area contributed by atoms with Crippen molar-refractivity contribution < 1.29 is 18.3 Å². The highest BCUT2D eigenvalue weighted by molar-refractivity contribution is 7.89. The summed E-state index contributed by atoms with van der Waals surface area (Å²) in [6, 6.07) is 16.2. The van der Waals surface area contributed by atoms with Crippen LogP contribution in [0.15, 0.2) is 84.0 Å². The number of carboxylic acid groups (broad SMARTS) is 1. The van der Waals surface area contributed by atoms with Crippen LogP contribution in [0.4, 0.5) is 0 Å². The first kappa shape index (κ1) is 21.7. The highest BCUT2D eigenvalue weighted by Gasteiger charge is 2.22. The molecule has 0 fully saturated rings. The van der Waals surface area contributed by atoms with Crippen molar-refractivity contribution in [2.75, 3.05) is 0 Å². The van der Waals surface area contributed by atoms with Crippen LogP contribution in [0.3, 0.4) is 0 Å². The van der Waals surface area contributed by atoms with Crippen molar-refractivity contribution in [2.45, 2.75) is 17.4 Å². The Bertz CT molecular complexity index is 1130. The van der Waals surface area contributed by atoms with E-state index >= 15 is 0 Å². The van der Waals surface area contributed by atoms with Gasteiger partial charge in [0.25, 0.3) is 0 Å². The van der Waals surface area contributed by atoms with Crippen LogP contribution in [0.5, 0.6) is 0 Å². The first-order valence-electron chi connectivity index (χ1n) is 9.01. The molecule has 2 N–H and O–H groups in total. The predicted molar refractivity (Wildman–Crippen MR) is 116 cm³/mol. The van der Waals surface area contributed by atoms with Crippen molar-refractivity contribution in [1.82, 2.24) is 9.71 Å². The zero-order chi connectivity index (χ0) is 21.6. The first-order valence-corrected chi connectivity index (χ1v) is 10.9. The summed E-state index contributed by atoms with van der Waals surface area (Å²) in [5.74, 6) is -1.02. The van der Waals surface area contributed by atoms with Gasteiger partial charge in [0.2, 0.25) is 10.0 Å². The van der Waals surface area contributed by atoms with E-state index in [9.17, 15) is 13.2 Å². The number of carboxylic acids is 1. The van der Waals surface area contributed by atoms with Crippen LogP contribution in [-0.2, 0) is 21.2 Å². The van der Waals surface area contributed by atoms with Gasteiger partial charge in [0, 0.05) is 23.5 Å². The van der Waals surface area contributed by atoms with E-state index in [0.29, 0.717) is 11.4 Å². The molecule has 0 saturated carbocycles. The molecule has 30 heavy (non-hydrogen) atoms. The summed E-state index contributed by atoms with van der Waals surface area (Å²) in [6.07, 6.45) is 6.19. The highest BCUT2D eigenvalue weighted by atomic mass is 35.5. The molecule has 0 bridgehead atoms. The summed E-state index contributed by atoms with van der Waals surface area (Å²) in [7, 11) is -3.78. The van der Waals surface area contributed by atoms with Gasteiger partial charge in [0.05, 0.1) is 10.9 Å². The second-order valence-electron chi connectivity index (χ2n) is 6.53. The van der Waals surface area contributed by atoms with E-state index in [1.54, 1.807) is 30.6 Å². The number of pyridine rings is 1. The molecule has 3 rings (SSSR count). The predicted octanol–water partition coefficient (Wildman–Crippen LogP) is 4.10. The zero-order valence-corrected chi connectivity index (χ0v) is 17.3. The Morgan fingerprint density at radius 2 is 1.80 bits per heavy atom. The van der Waals surface area contributed by atoms with Gasteiger partial charge in [0.1, 0.15) is 0 Å². The number of aromatic nitrogens is 1. The third-order valence-corrected chi connectivity index (χ3v) is 6.09. The van der Waals surface area contributed by atoms with Crippen molar-refractivity contribution in [1.29, 1.82) is 0 Å². The number of rotatable bonds is 8. The molecule has 0 amide bonds. The van der Waals surface area contributed by atoms with E-state index in [1.165, 1.54) is 30.3 Å². The minimum absolute atomic E-state index is 0.120. The summed E-state index contributed by atoms with van der Waals surface area (Å²) in [4.78, 5) is 14.9. The van der Waals surface area contributed by atoms with Gasteiger partial charge in [-0.1, -0.05) is 41.9 Å². The number of aliphatic carboxylic acids is 1. The molecular weight excluding hydrogens is 424 g/mol. The molecule has 1 unspecified atom stereocenters. The number of nitrogens with one attached hydrogen (secondary N) is 1. The lowest BCUT2D eigenvalue weighted by atomic mass is 10.00. The normalized spacial score (nSPS) is 12.7. The van der Waals surface area contributed by atoms with Crippen molar-refractivity contribution in [2.24, 2.45) is 0 Å². The Morgan fingerprint density at radius 1 is 1.10 bits per heavy atom. The number of carbonyl (C=O) groups is 1. The maximum atomic E-state index is 12.9. The summed E-state index contributed by atoms with van der Waals surface area (Å²) in [5.41, 5.74) is 2.35. The monoisotopic (exact) mass is 442 g/mol. The number of hydrogen-bond donors (Lipinski definition) is 2. The standard InChI is InChI=1S/C22H19ClN2O4S/c23-19-8-10-20(11-9-19)30(28,29)25-21(18-2-1-13-24-15-18)14-17-5-3-16(4-6-17)7-12-22(26)27/h1-13,15,21,25H,14H2,(H,26,27)/b12-7+. The van der Waals surface area contributed by atoms with Gasteiger partial charge < -0.3 is 5.11 Å². The largest absolute Gasteiger partial charge is 0.478 e. The molecule has 6 nitrogen and oxygen atoms in total. The highest BCUT2D eigenvalue weighted by Crippen LogP contribution is 2.22. The third-order valence-electron chi connectivity index (χ3n) is 4.35. The van der Waals surface area contributed by atoms with E-state index in [0.717, 1.165) is 22.8 Å². The quantitative estimate of drug-likeness (QED) is 0.512. The fraction of sp³-hybridized carbons (Fsp3) is 0.0909. The Morgan fingerprint density at radius 3 is 2.40 bits per heavy atom. The van der Waals surface area contributed by atoms with E-state index in [1.807, 2.05) is 18.2 Å². The molecule has 0 aliphatic heterocycles. The Hall–Kier alpha value is -3.00. The molecule has 154 valence electrons. The van der Waals surface area contributed by atoms with Crippen molar-refractivity contribution in [3.8, 4) is 0 Å². The number of halogens is 1. The molecule has 1 atom stereocenters. The van der Waals surface area contributed by atoms with Crippen LogP contribution in [0.1, 0.15) is 22.7 Å². The van der Waals surface area contributed by atoms with Gasteiger partial charge in [-0.25, -0.2) is 17.9 Å². The summed E-state index contributed by atoms with van der Waals surface area (Å²) in [5, 5.41) is 9.18. The van der Waals surface area contributed by atoms with Crippen LogP contribution in [-0.4, -0.2) is 24.5 Å². The maximum absolute atomic E-state index is 12.9. The molecule has 0 saturated heterocycles. The molecule has 1 aromatic heterocycles. The lowest BCUT2D eigenvalue weighted by Crippen LogP contribution is -2.30. The van der Waals surface area contributed by atoms with Crippen LogP contribution >= 0.6 is 11.6 Å². The number of benzene rings is 2. The second-order valence-corrected chi connectivity index (χ2v) is 8.68. The van der Waals surface area contributed by atoms with Gasteiger partial charge in [0.15, 0.2) is 0 Å². The molecule has 3 aromatic rings. The zero-order valence-electron chi connectivity index (χ0n) is 15.8. The molecule has 0 spiro atoms. The number of nitrogens with zero attached hydrogens (tertiary/aromatic N) is 1. The number of hydrogen-bond acceptors (Lipinski definition) is 4. The lowest BCUT2D eigenvalue weighted by molar-refractivity contribution is -0.131. The van der Waals surface area contributed by atoms with Gasteiger partial charge in [-0.2, -0.15) is 0 Å². The molecule has 2 aromatic carbocycles. The Balaban J connectivity index is 1.85. The molecular formula is C22H19ClN2O4S. The lowest BCUT2D eigenvalue weighted by Gasteiger charge is -2.19. The Labute approximate surface area is 179 Å². The topological polar surface area (TPSA) is 96.4 Å². The van der Waals surface area contributed by atoms with E-state index in [-0.39, 0.29) is 4.90 Å². The van der Waals surface area contributed by atoms with Crippen molar-refractivity contribution in [3.05, 3.63) is 101 Å². The van der Waals surface area contributed by atoms with Crippen LogP contribution in [0.25, 0.3) is 6.08 Å². The summed E-state index contributed by atoms with van der Waals surface area (Å²) >= 11 is 5.86. The Kier molecular flexibility index (Phi) is 6.99. The third kappa shape index (κ3) is 6.00. The fourth-order valence-corrected chi connectivity index (χ4v) is 4.20. The smallest absolute Gasteiger partial charge is 0.328 e. The minimum atomic E-state index is -3.78. The van der Waals surface area contributed by atoms with Crippen LogP contribution < -0.4 is 4.72 Å². The molecule has 1 heterocycles. The van der Waals surface area contributed by atoms with Gasteiger partial charge in [-0.15, -0.1) is 0 Å². The number of sulfonamides is 1. The van der Waals surface area contributed by atoms with Gasteiger partial charge >= 0.3 is 5.97 Å². The molecule has 8 heteroatoms. The van der Waals surface area contributed by atoms with Gasteiger partial charge in [-0.05, 0) is 59.5 Å².